The minimum Gasteiger partial charge on any atom is -0.352 e. The third-order valence-electron chi connectivity index (χ3n) is 3.94. The second kappa shape index (κ2) is 6.62. The Kier molecular flexibility index (Phi) is 4.59. The van der Waals surface area contributed by atoms with Crippen molar-refractivity contribution in [1.29, 1.82) is 0 Å². The third kappa shape index (κ3) is 3.96. The SMILES string of the molecule is O=C(CN1CCN(C(=O)c2ccnc(Cl)c2)CC1)NC1CC1. The molecule has 2 aliphatic rings. The van der Waals surface area contributed by atoms with Crippen molar-refractivity contribution < 1.29 is 9.59 Å². The standard InChI is InChI=1S/C15H19ClN4O2/c16-13-9-11(3-4-17-13)15(22)20-7-5-19(6-8-20)10-14(21)18-12-1-2-12/h3-4,9,12H,1-2,5-8,10H2,(H,18,21). The van der Waals surface area contributed by atoms with E-state index in [0.717, 1.165) is 12.8 Å². The van der Waals surface area contributed by atoms with E-state index in [4.69, 9.17) is 11.6 Å². The fourth-order valence-corrected chi connectivity index (χ4v) is 2.71. The Labute approximate surface area is 134 Å². The Morgan fingerprint density at radius 1 is 1.27 bits per heavy atom. The van der Waals surface area contributed by atoms with Crippen molar-refractivity contribution in [2.24, 2.45) is 0 Å². The van der Waals surface area contributed by atoms with E-state index in [2.05, 4.69) is 15.2 Å². The average molecular weight is 323 g/mol. The first-order valence-corrected chi connectivity index (χ1v) is 7.92. The Bertz CT molecular complexity index is 568. The maximum Gasteiger partial charge on any atom is 0.254 e. The van der Waals surface area contributed by atoms with Crippen LogP contribution in [0.4, 0.5) is 0 Å². The van der Waals surface area contributed by atoms with Crippen molar-refractivity contribution >= 4 is 23.4 Å². The average Bonchev–Trinajstić information content (AvgIpc) is 3.31. The lowest BCUT2D eigenvalue weighted by molar-refractivity contribution is -0.122. The third-order valence-corrected chi connectivity index (χ3v) is 4.15. The highest BCUT2D eigenvalue weighted by atomic mass is 35.5. The minimum absolute atomic E-state index is 0.0358. The van der Waals surface area contributed by atoms with Crippen molar-refractivity contribution in [2.75, 3.05) is 32.7 Å². The summed E-state index contributed by atoms with van der Waals surface area (Å²) in [6.45, 7) is 3.08. The zero-order valence-corrected chi connectivity index (χ0v) is 13.1. The summed E-state index contributed by atoms with van der Waals surface area (Å²) in [4.78, 5) is 31.9. The van der Waals surface area contributed by atoms with Gasteiger partial charge in [0.15, 0.2) is 0 Å². The van der Waals surface area contributed by atoms with E-state index in [0.29, 0.717) is 49.5 Å². The predicted molar refractivity (Wildman–Crippen MR) is 82.8 cm³/mol. The molecule has 0 spiro atoms. The summed E-state index contributed by atoms with van der Waals surface area (Å²) in [6.07, 6.45) is 3.74. The van der Waals surface area contributed by atoms with E-state index >= 15 is 0 Å². The van der Waals surface area contributed by atoms with Crippen molar-refractivity contribution in [2.45, 2.75) is 18.9 Å². The molecule has 1 N–H and O–H groups in total. The quantitative estimate of drug-likeness (QED) is 0.832. The molecule has 118 valence electrons. The number of nitrogens with zero attached hydrogens (tertiary/aromatic N) is 3. The Balaban J connectivity index is 1.48. The first kappa shape index (κ1) is 15.2. The number of amides is 2. The van der Waals surface area contributed by atoms with Gasteiger partial charge in [0.25, 0.3) is 5.91 Å². The molecule has 2 heterocycles. The molecular weight excluding hydrogens is 304 g/mol. The molecule has 0 unspecified atom stereocenters. The number of hydrogen-bond donors (Lipinski definition) is 1. The van der Waals surface area contributed by atoms with Crippen LogP contribution in [0.15, 0.2) is 18.3 Å². The van der Waals surface area contributed by atoms with Crippen LogP contribution in [-0.4, -0.2) is 65.4 Å². The lowest BCUT2D eigenvalue weighted by Gasteiger charge is -2.34. The van der Waals surface area contributed by atoms with Gasteiger partial charge < -0.3 is 10.2 Å². The lowest BCUT2D eigenvalue weighted by Crippen LogP contribution is -2.51. The highest BCUT2D eigenvalue weighted by Crippen LogP contribution is 2.18. The van der Waals surface area contributed by atoms with Gasteiger partial charge in [-0.3, -0.25) is 14.5 Å². The minimum atomic E-state index is -0.0358. The summed E-state index contributed by atoms with van der Waals surface area (Å²) in [5.41, 5.74) is 0.555. The van der Waals surface area contributed by atoms with Crippen LogP contribution in [0.25, 0.3) is 0 Å². The first-order chi connectivity index (χ1) is 10.6. The molecule has 1 aliphatic carbocycles. The maximum atomic E-state index is 12.4. The van der Waals surface area contributed by atoms with Crippen LogP contribution in [0, 0.1) is 0 Å². The molecule has 2 amide bonds. The molecule has 2 fully saturated rings. The number of rotatable bonds is 4. The van der Waals surface area contributed by atoms with E-state index in [1.54, 1.807) is 17.0 Å². The molecule has 0 radical (unpaired) electrons. The molecule has 0 atom stereocenters. The number of carbonyl (C=O) groups is 2. The number of halogens is 1. The molecule has 1 aliphatic heterocycles. The van der Waals surface area contributed by atoms with Crippen LogP contribution in [0.5, 0.6) is 0 Å². The van der Waals surface area contributed by atoms with Gasteiger partial charge in [-0.2, -0.15) is 0 Å². The summed E-state index contributed by atoms with van der Waals surface area (Å²) in [5, 5.41) is 3.31. The predicted octanol–water partition coefficient (Wildman–Crippen LogP) is 0.771. The molecular formula is C15H19ClN4O2. The van der Waals surface area contributed by atoms with Crippen LogP contribution in [0.1, 0.15) is 23.2 Å². The molecule has 1 saturated carbocycles. The first-order valence-electron chi connectivity index (χ1n) is 7.54. The molecule has 3 rings (SSSR count). The Morgan fingerprint density at radius 2 is 2.00 bits per heavy atom. The highest BCUT2D eigenvalue weighted by molar-refractivity contribution is 6.29. The van der Waals surface area contributed by atoms with E-state index in [9.17, 15) is 9.59 Å². The van der Waals surface area contributed by atoms with Gasteiger partial charge in [-0.05, 0) is 25.0 Å². The molecule has 22 heavy (non-hydrogen) atoms. The van der Waals surface area contributed by atoms with Crippen LogP contribution in [-0.2, 0) is 4.79 Å². The summed E-state index contributed by atoms with van der Waals surface area (Å²) < 4.78 is 0. The maximum absolute atomic E-state index is 12.4. The number of hydrogen-bond acceptors (Lipinski definition) is 4. The van der Waals surface area contributed by atoms with E-state index < -0.39 is 0 Å². The molecule has 6 nitrogen and oxygen atoms in total. The molecule has 1 saturated heterocycles. The monoisotopic (exact) mass is 322 g/mol. The second-order valence-corrected chi connectivity index (χ2v) is 6.16. The molecule has 0 bridgehead atoms. The van der Waals surface area contributed by atoms with Crippen molar-refractivity contribution in [3.05, 3.63) is 29.0 Å². The van der Waals surface area contributed by atoms with Crippen LogP contribution in [0.2, 0.25) is 5.15 Å². The van der Waals surface area contributed by atoms with E-state index in [1.165, 1.54) is 6.20 Å². The lowest BCUT2D eigenvalue weighted by atomic mass is 10.2. The summed E-state index contributed by atoms with van der Waals surface area (Å²) in [5.74, 6) is 0.0505. The van der Waals surface area contributed by atoms with Crippen molar-refractivity contribution in [1.82, 2.24) is 20.1 Å². The van der Waals surface area contributed by atoms with E-state index in [-0.39, 0.29) is 11.8 Å². The van der Waals surface area contributed by atoms with Crippen molar-refractivity contribution in [3.8, 4) is 0 Å². The highest BCUT2D eigenvalue weighted by Gasteiger charge is 2.26. The fraction of sp³-hybridized carbons (Fsp3) is 0.533. The molecule has 1 aromatic heterocycles. The van der Waals surface area contributed by atoms with Crippen molar-refractivity contribution in [3.63, 3.8) is 0 Å². The second-order valence-electron chi connectivity index (χ2n) is 5.78. The zero-order chi connectivity index (χ0) is 15.5. The van der Waals surface area contributed by atoms with Crippen LogP contribution < -0.4 is 5.32 Å². The fourth-order valence-electron chi connectivity index (χ4n) is 2.53. The van der Waals surface area contributed by atoms with Crippen LogP contribution in [0.3, 0.4) is 0 Å². The molecule has 0 aromatic carbocycles. The van der Waals surface area contributed by atoms with Gasteiger partial charge in [0.05, 0.1) is 6.54 Å². The Morgan fingerprint density at radius 3 is 2.64 bits per heavy atom. The van der Waals surface area contributed by atoms with Gasteiger partial charge in [-0.1, -0.05) is 11.6 Å². The zero-order valence-electron chi connectivity index (χ0n) is 12.3. The van der Waals surface area contributed by atoms with E-state index in [1.807, 2.05) is 0 Å². The number of aromatic nitrogens is 1. The van der Waals surface area contributed by atoms with Gasteiger partial charge in [0.2, 0.25) is 5.91 Å². The summed E-state index contributed by atoms with van der Waals surface area (Å²) >= 11 is 5.82. The Hall–Kier alpha value is -1.66. The summed E-state index contributed by atoms with van der Waals surface area (Å²) in [7, 11) is 0. The number of carbonyl (C=O) groups excluding carboxylic acids is 2. The smallest absolute Gasteiger partial charge is 0.254 e. The van der Waals surface area contributed by atoms with Gasteiger partial charge >= 0.3 is 0 Å². The molecule has 1 aromatic rings. The molecule has 7 heteroatoms. The number of piperazine rings is 1. The number of nitrogens with one attached hydrogen (secondary N) is 1. The van der Waals surface area contributed by atoms with Gasteiger partial charge in [0.1, 0.15) is 5.15 Å². The van der Waals surface area contributed by atoms with Gasteiger partial charge in [-0.15, -0.1) is 0 Å². The van der Waals surface area contributed by atoms with Crippen LogP contribution >= 0.6 is 11.6 Å². The van der Waals surface area contributed by atoms with Gasteiger partial charge in [0, 0.05) is 44.0 Å². The topological polar surface area (TPSA) is 65.5 Å². The summed E-state index contributed by atoms with van der Waals surface area (Å²) in [6, 6.07) is 3.65. The largest absolute Gasteiger partial charge is 0.352 e. The normalized spacial score (nSPS) is 19.0. The van der Waals surface area contributed by atoms with Gasteiger partial charge in [-0.25, -0.2) is 4.98 Å². The number of pyridine rings is 1.